The molecule has 1 saturated heterocycles. The maximum atomic E-state index is 5.66. The number of halogens is 1. The van der Waals surface area contributed by atoms with E-state index in [-0.39, 0.29) is 0 Å². The Morgan fingerprint density at radius 1 is 1.67 bits per heavy atom. The van der Waals surface area contributed by atoms with Crippen molar-refractivity contribution >= 4 is 21.7 Å². The van der Waals surface area contributed by atoms with Crippen LogP contribution in [0.3, 0.4) is 0 Å². The van der Waals surface area contributed by atoms with Crippen molar-refractivity contribution in [3.63, 3.8) is 0 Å². The van der Waals surface area contributed by atoms with Crippen LogP contribution in [-0.2, 0) is 6.54 Å². The molecule has 0 radical (unpaired) electrons. The number of nitrogens with two attached hydrogens (primary N) is 1. The molecule has 1 atom stereocenters. The van der Waals surface area contributed by atoms with Gasteiger partial charge in [-0.15, -0.1) is 0 Å². The van der Waals surface area contributed by atoms with Gasteiger partial charge in [-0.1, -0.05) is 0 Å². The summed E-state index contributed by atoms with van der Waals surface area (Å²) in [6, 6.07) is 0.717. The van der Waals surface area contributed by atoms with E-state index in [1.54, 1.807) is 0 Å². The lowest BCUT2D eigenvalue weighted by molar-refractivity contribution is 0.283. The molecule has 0 aromatic carbocycles. The Hall–Kier alpha value is -0.550. The third-order valence-electron chi connectivity index (χ3n) is 3.11. The highest BCUT2D eigenvalue weighted by Crippen LogP contribution is 2.20. The first-order valence-corrected chi connectivity index (χ1v) is 6.15. The summed E-state index contributed by atoms with van der Waals surface area (Å²) in [6.07, 6.45) is 5.74. The second-order valence-corrected chi connectivity index (χ2v) is 5.05. The van der Waals surface area contributed by atoms with E-state index in [1.807, 2.05) is 10.9 Å². The van der Waals surface area contributed by atoms with Crippen molar-refractivity contribution in [3.05, 3.63) is 10.7 Å². The van der Waals surface area contributed by atoms with E-state index in [4.69, 9.17) is 5.73 Å². The van der Waals surface area contributed by atoms with Crippen LogP contribution in [0.5, 0.6) is 0 Å². The summed E-state index contributed by atoms with van der Waals surface area (Å²) in [5, 5.41) is 4.23. The fourth-order valence-corrected chi connectivity index (χ4v) is 2.47. The Bertz CT molecular complexity index is 317. The van der Waals surface area contributed by atoms with Gasteiger partial charge in [0.1, 0.15) is 0 Å². The molecule has 15 heavy (non-hydrogen) atoms. The van der Waals surface area contributed by atoms with Crippen LogP contribution in [0.25, 0.3) is 0 Å². The minimum Gasteiger partial charge on any atom is -0.381 e. The number of nitrogen functional groups attached to an aromatic ring is 1. The molecule has 2 heterocycles. The van der Waals surface area contributed by atoms with Crippen molar-refractivity contribution in [2.75, 3.05) is 19.3 Å². The number of nitrogens with zero attached hydrogens (tertiary/aromatic N) is 3. The van der Waals surface area contributed by atoms with Crippen LogP contribution in [0.15, 0.2) is 10.7 Å². The van der Waals surface area contributed by atoms with Crippen molar-refractivity contribution in [1.82, 2.24) is 14.7 Å². The van der Waals surface area contributed by atoms with Gasteiger partial charge >= 0.3 is 0 Å². The molecule has 1 aliphatic heterocycles. The third kappa shape index (κ3) is 2.52. The lowest BCUT2D eigenvalue weighted by Crippen LogP contribution is -2.26. The molecule has 2 rings (SSSR count). The number of hydrogen-bond acceptors (Lipinski definition) is 3. The standard InChI is InChI=1S/C10H17BrN4/c1-14-5-2-3-8(14)4-6-15-7-9(11)10(12)13-15/h7-8H,2-6H2,1H3,(H2,12,13). The highest BCUT2D eigenvalue weighted by Gasteiger charge is 2.20. The summed E-state index contributed by atoms with van der Waals surface area (Å²) in [5.41, 5.74) is 5.66. The molecule has 4 nitrogen and oxygen atoms in total. The zero-order valence-corrected chi connectivity index (χ0v) is 10.6. The molecule has 5 heteroatoms. The monoisotopic (exact) mass is 272 g/mol. The Morgan fingerprint density at radius 2 is 2.47 bits per heavy atom. The fourth-order valence-electron chi connectivity index (χ4n) is 2.15. The maximum Gasteiger partial charge on any atom is 0.159 e. The second-order valence-electron chi connectivity index (χ2n) is 4.19. The molecule has 0 aliphatic carbocycles. The normalized spacial score (nSPS) is 22.4. The van der Waals surface area contributed by atoms with Crippen LogP contribution in [0, 0.1) is 0 Å². The number of anilines is 1. The van der Waals surface area contributed by atoms with Crippen LogP contribution in [0.2, 0.25) is 0 Å². The molecule has 84 valence electrons. The number of hydrogen-bond donors (Lipinski definition) is 1. The zero-order valence-electron chi connectivity index (χ0n) is 8.99. The molecule has 0 bridgehead atoms. The van der Waals surface area contributed by atoms with Gasteiger partial charge in [-0.2, -0.15) is 5.10 Å². The fraction of sp³-hybridized carbons (Fsp3) is 0.700. The van der Waals surface area contributed by atoms with Gasteiger partial charge in [0.25, 0.3) is 0 Å². The van der Waals surface area contributed by atoms with E-state index in [9.17, 15) is 0 Å². The van der Waals surface area contributed by atoms with Crippen molar-refractivity contribution in [3.8, 4) is 0 Å². The van der Waals surface area contributed by atoms with Crippen molar-refractivity contribution < 1.29 is 0 Å². The lowest BCUT2D eigenvalue weighted by atomic mass is 10.1. The minimum atomic E-state index is 0.578. The van der Waals surface area contributed by atoms with Gasteiger partial charge < -0.3 is 10.6 Å². The topological polar surface area (TPSA) is 47.1 Å². The summed E-state index contributed by atoms with van der Waals surface area (Å²) >= 11 is 3.36. The first-order valence-electron chi connectivity index (χ1n) is 5.35. The quantitative estimate of drug-likeness (QED) is 0.912. The predicted octanol–water partition coefficient (Wildman–Crippen LogP) is 1.71. The zero-order chi connectivity index (χ0) is 10.8. The van der Waals surface area contributed by atoms with Gasteiger partial charge in [0.15, 0.2) is 5.82 Å². The minimum absolute atomic E-state index is 0.578. The van der Waals surface area contributed by atoms with Crippen LogP contribution in [0.1, 0.15) is 19.3 Å². The van der Waals surface area contributed by atoms with Gasteiger partial charge in [-0.05, 0) is 48.8 Å². The molecular formula is C10H17BrN4. The third-order valence-corrected chi connectivity index (χ3v) is 3.72. The van der Waals surface area contributed by atoms with E-state index < -0.39 is 0 Å². The van der Waals surface area contributed by atoms with Crippen LogP contribution >= 0.6 is 15.9 Å². The Kier molecular flexibility index (Phi) is 3.31. The summed E-state index contributed by atoms with van der Waals surface area (Å²) in [4.78, 5) is 2.43. The first kappa shape index (κ1) is 11.0. The molecular weight excluding hydrogens is 256 g/mol. The molecule has 0 saturated carbocycles. The highest BCUT2D eigenvalue weighted by molar-refractivity contribution is 9.10. The van der Waals surface area contributed by atoms with E-state index in [2.05, 4.69) is 33.0 Å². The highest BCUT2D eigenvalue weighted by atomic mass is 79.9. The Labute approximate surface area is 98.6 Å². The molecule has 1 aromatic heterocycles. The molecule has 2 N–H and O–H groups in total. The molecule has 1 aliphatic rings. The number of likely N-dealkylation sites (tertiary alicyclic amines) is 1. The predicted molar refractivity (Wildman–Crippen MR) is 64.6 cm³/mol. The van der Waals surface area contributed by atoms with Gasteiger partial charge in [0.2, 0.25) is 0 Å². The van der Waals surface area contributed by atoms with Crippen molar-refractivity contribution in [1.29, 1.82) is 0 Å². The van der Waals surface area contributed by atoms with Gasteiger partial charge in [-0.3, -0.25) is 4.68 Å². The second kappa shape index (κ2) is 4.53. The van der Waals surface area contributed by atoms with Gasteiger partial charge in [0, 0.05) is 18.8 Å². The van der Waals surface area contributed by atoms with Crippen molar-refractivity contribution in [2.45, 2.75) is 31.8 Å². The molecule has 0 spiro atoms. The van der Waals surface area contributed by atoms with Crippen LogP contribution < -0.4 is 5.73 Å². The van der Waals surface area contributed by atoms with Gasteiger partial charge in [-0.25, -0.2) is 0 Å². The van der Waals surface area contributed by atoms with Gasteiger partial charge in [0.05, 0.1) is 4.47 Å². The smallest absolute Gasteiger partial charge is 0.159 e. The molecule has 1 aromatic rings. The number of aryl methyl sites for hydroxylation is 1. The Balaban J connectivity index is 1.87. The first-order chi connectivity index (χ1) is 7.16. The van der Waals surface area contributed by atoms with E-state index in [0.29, 0.717) is 11.9 Å². The number of rotatable bonds is 3. The largest absolute Gasteiger partial charge is 0.381 e. The Morgan fingerprint density at radius 3 is 3.00 bits per heavy atom. The molecule has 1 unspecified atom stereocenters. The van der Waals surface area contributed by atoms with E-state index in [1.165, 1.54) is 19.4 Å². The van der Waals surface area contributed by atoms with Crippen LogP contribution in [0.4, 0.5) is 5.82 Å². The lowest BCUT2D eigenvalue weighted by Gasteiger charge is -2.18. The average Bonchev–Trinajstić information content (AvgIpc) is 2.72. The summed E-state index contributed by atoms with van der Waals surface area (Å²) in [7, 11) is 2.20. The molecule has 1 fully saturated rings. The summed E-state index contributed by atoms with van der Waals surface area (Å²) in [5.74, 6) is 0.578. The SMILES string of the molecule is CN1CCCC1CCn1cc(Br)c(N)n1. The summed E-state index contributed by atoms with van der Waals surface area (Å²) in [6.45, 7) is 2.18. The molecule has 0 amide bonds. The van der Waals surface area contributed by atoms with Crippen LogP contribution in [-0.4, -0.2) is 34.3 Å². The average molecular weight is 273 g/mol. The maximum absolute atomic E-state index is 5.66. The number of aromatic nitrogens is 2. The van der Waals surface area contributed by atoms with E-state index >= 15 is 0 Å². The summed E-state index contributed by atoms with van der Waals surface area (Å²) < 4.78 is 2.81. The van der Waals surface area contributed by atoms with Crippen molar-refractivity contribution in [2.24, 2.45) is 0 Å². The van der Waals surface area contributed by atoms with E-state index in [0.717, 1.165) is 17.4 Å².